The molecule has 0 saturated heterocycles. The van der Waals surface area contributed by atoms with Gasteiger partial charge in [-0.25, -0.2) is 0 Å². The highest BCUT2D eigenvalue weighted by molar-refractivity contribution is 9.10. The molecule has 1 aromatic rings. The first-order chi connectivity index (χ1) is 8.54. The number of nitrogens with zero attached hydrogens (tertiary/aromatic N) is 2. The first kappa shape index (κ1) is 15.2. The van der Waals surface area contributed by atoms with E-state index in [4.69, 9.17) is 0 Å². The summed E-state index contributed by atoms with van der Waals surface area (Å²) >= 11 is 3.34. The molecule has 0 radical (unpaired) electrons. The number of hydrogen-bond acceptors (Lipinski definition) is 3. The van der Waals surface area contributed by atoms with Crippen molar-refractivity contribution in [2.45, 2.75) is 45.2 Å². The molecule has 5 nitrogen and oxygen atoms in total. The SMILES string of the molecule is CCNC(CC)(CCCn1cc(Br)cn1)C(=O)O. The standard InChI is InChI=1S/C12H20BrN3O2/c1-3-12(11(17)18,14-4-2)6-5-7-16-9-10(13)8-15-16/h8-9,14H,3-7H2,1-2H3,(H,17,18). The molecule has 1 rings (SSSR count). The van der Waals surface area contributed by atoms with Gasteiger partial charge < -0.3 is 10.4 Å². The van der Waals surface area contributed by atoms with Crippen LogP contribution in [0.4, 0.5) is 0 Å². The van der Waals surface area contributed by atoms with E-state index < -0.39 is 11.5 Å². The third-order valence-electron chi connectivity index (χ3n) is 3.12. The molecule has 0 aliphatic heterocycles. The van der Waals surface area contributed by atoms with Crippen LogP contribution in [0.2, 0.25) is 0 Å². The third kappa shape index (κ3) is 3.81. The first-order valence-corrected chi connectivity index (χ1v) is 6.99. The average Bonchev–Trinajstić information content (AvgIpc) is 2.73. The van der Waals surface area contributed by atoms with Crippen LogP contribution in [0.25, 0.3) is 0 Å². The average molecular weight is 318 g/mol. The van der Waals surface area contributed by atoms with E-state index in [0.717, 1.165) is 17.4 Å². The summed E-state index contributed by atoms with van der Waals surface area (Å²) < 4.78 is 2.76. The Balaban J connectivity index is 2.54. The summed E-state index contributed by atoms with van der Waals surface area (Å²) in [5, 5.41) is 16.6. The van der Waals surface area contributed by atoms with Crippen LogP contribution in [0, 0.1) is 0 Å². The van der Waals surface area contributed by atoms with Gasteiger partial charge in [-0.3, -0.25) is 9.48 Å². The topological polar surface area (TPSA) is 67.2 Å². The molecule has 0 spiro atoms. The number of hydrogen-bond donors (Lipinski definition) is 2. The zero-order chi connectivity index (χ0) is 13.6. The fraction of sp³-hybridized carbons (Fsp3) is 0.667. The van der Waals surface area contributed by atoms with E-state index in [1.165, 1.54) is 0 Å². The highest BCUT2D eigenvalue weighted by atomic mass is 79.9. The number of aromatic nitrogens is 2. The van der Waals surface area contributed by atoms with Crippen molar-refractivity contribution in [2.75, 3.05) is 6.54 Å². The second kappa shape index (κ2) is 6.89. The quantitative estimate of drug-likeness (QED) is 0.772. The molecule has 0 aliphatic rings. The van der Waals surface area contributed by atoms with Crippen LogP contribution in [-0.2, 0) is 11.3 Å². The second-order valence-corrected chi connectivity index (χ2v) is 5.21. The van der Waals surface area contributed by atoms with Gasteiger partial charge in [-0.2, -0.15) is 5.10 Å². The van der Waals surface area contributed by atoms with Crippen molar-refractivity contribution in [1.82, 2.24) is 15.1 Å². The number of carbonyl (C=O) groups is 1. The number of aryl methyl sites for hydroxylation is 1. The molecule has 0 aromatic carbocycles. The summed E-state index contributed by atoms with van der Waals surface area (Å²) in [6.07, 6.45) is 5.58. The second-order valence-electron chi connectivity index (χ2n) is 4.30. The summed E-state index contributed by atoms with van der Waals surface area (Å²) in [6.45, 7) is 5.22. The maximum absolute atomic E-state index is 11.4. The largest absolute Gasteiger partial charge is 0.480 e. The van der Waals surface area contributed by atoms with Gasteiger partial charge in [0.15, 0.2) is 0 Å². The normalized spacial score (nSPS) is 14.4. The number of carboxylic acid groups (broad SMARTS) is 1. The van der Waals surface area contributed by atoms with Crippen molar-refractivity contribution in [3.63, 3.8) is 0 Å². The van der Waals surface area contributed by atoms with E-state index in [-0.39, 0.29) is 0 Å². The summed E-state index contributed by atoms with van der Waals surface area (Å²) in [7, 11) is 0. The summed E-state index contributed by atoms with van der Waals surface area (Å²) in [5.74, 6) is -0.770. The Bertz CT molecular complexity index is 394. The van der Waals surface area contributed by atoms with Crippen LogP contribution < -0.4 is 5.32 Å². The Hall–Kier alpha value is -0.880. The van der Waals surface area contributed by atoms with Gasteiger partial charge in [0.1, 0.15) is 5.54 Å². The molecule has 2 N–H and O–H groups in total. The summed E-state index contributed by atoms with van der Waals surface area (Å²) in [4.78, 5) is 11.4. The molecule has 0 fully saturated rings. The van der Waals surface area contributed by atoms with Crippen molar-refractivity contribution in [3.8, 4) is 0 Å². The van der Waals surface area contributed by atoms with Crippen molar-refractivity contribution in [3.05, 3.63) is 16.9 Å². The molecule has 18 heavy (non-hydrogen) atoms. The molecule has 1 atom stereocenters. The van der Waals surface area contributed by atoms with E-state index in [2.05, 4.69) is 26.3 Å². The number of nitrogens with one attached hydrogen (secondary N) is 1. The number of likely N-dealkylation sites (N-methyl/N-ethyl adjacent to an activating group) is 1. The van der Waals surface area contributed by atoms with Crippen molar-refractivity contribution in [1.29, 1.82) is 0 Å². The van der Waals surface area contributed by atoms with Crippen LogP contribution >= 0.6 is 15.9 Å². The monoisotopic (exact) mass is 317 g/mol. The van der Waals surface area contributed by atoms with Gasteiger partial charge >= 0.3 is 5.97 Å². The Morgan fingerprint density at radius 1 is 1.61 bits per heavy atom. The fourth-order valence-electron chi connectivity index (χ4n) is 2.07. The molecular weight excluding hydrogens is 298 g/mol. The summed E-state index contributed by atoms with van der Waals surface area (Å²) in [5.41, 5.74) is -0.806. The van der Waals surface area contributed by atoms with Crippen LogP contribution in [0.1, 0.15) is 33.1 Å². The first-order valence-electron chi connectivity index (χ1n) is 6.20. The molecule has 0 saturated carbocycles. The minimum Gasteiger partial charge on any atom is -0.480 e. The lowest BCUT2D eigenvalue weighted by Crippen LogP contribution is -2.51. The molecule has 1 aromatic heterocycles. The number of carboxylic acids is 1. The maximum atomic E-state index is 11.4. The van der Waals surface area contributed by atoms with E-state index >= 15 is 0 Å². The van der Waals surface area contributed by atoms with Crippen LogP contribution in [0.15, 0.2) is 16.9 Å². The van der Waals surface area contributed by atoms with Gasteiger partial charge in [-0.05, 0) is 41.7 Å². The molecule has 0 amide bonds. The van der Waals surface area contributed by atoms with Crippen LogP contribution in [-0.4, -0.2) is 32.9 Å². The van der Waals surface area contributed by atoms with Gasteiger partial charge in [0.25, 0.3) is 0 Å². The molecule has 0 aliphatic carbocycles. The minimum absolute atomic E-state index is 0.582. The van der Waals surface area contributed by atoms with Crippen molar-refractivity contribution < 1.29 is 9.90 Å². The number of aliphatic carboxylic acids is 1. The Labute approximate surface area is 116 Å². The highest BCUT2D eigenvalue weighted by Gasteiger charge is 2.34. The summed E-state index contributed by atoms with van der Waals surface area (Å²) in [6, 6.07) is 0. The molecule has 1 unspecified atom stereocenters. The highest BCUT2D eigenvalue weighted by Crippen LogP contribution is 2.19. The molecule has 0 bridgehead atoms. The van der Waals surface area contributed by atoms with Crippen molar-refractivity contribution in [2.24, 2.45) is 0 Å². The van der Waals surface area contributed by atoms with Crippen molar-refractivity contribution >= 4 is 21.9 Å². The zero-order valence-electron chi connectivity index (χ0n) is 10.8. The van der Waals surface area contributed by atoms with Crippen LogP contribution in [0.5, 0.6) is 0 Å². The van der Waals surface area contributed by atoms with Gasteiger partial charge in [-0.15, -0.1) is 0 Å². The van der Waals surface area contributed by atoms with Gasteiger partial charge in [0.05, 0.1) is 10.7 Å². The lowest BCUT2D eigenvalue weighted by molar-refractivity contribution is -0.145. The Morgan fingerprint density at radius 3 is 2.78 bits per heavy atom. The van der Waals surface area contributed by atoms with Gasteiger partial charge in [0.2, 0.25) is 0 Å². The number of rotatable bonds is 8. The lowest BCUT2D eigenvalue weighted by atomic mass is 9.90. The predicted molar refractivity (Wildman–Crippen MR) is 73.5 cm³/mol. The van der Waals surface area contributed by atoms with E-state index in [1.54, 1.807) is 6.20 Å². The Morgan fingerprint density at radius 2 is 2.33 bits per heavy atom. The maximum Gasteiger partial charge on any atom is 0.323 e. The fourth-order valence-corrected chi connectivity index (χ4v) is 2.39. The molecule has 1 heterocycles. The van der Waals surface area contributed by atoms with E-state index in [0.29, 0.717) is 19.4 Å². The Kier molecular flexibility index (Phi) is 5.81. The molecular formula is C12H20BrN3O2. The van der Waals surface area contributed by atoms with E-state index in [1.807, 2.05) is 24.7 Å². The third-order valence-corrected chi connectivity index (χ3v) is 3.53. The lowest BCUT2D eigenvalue weighted by Gasteiger charge is -2.29. The predicted octanol–water partition coefficient (Wildman–Crippen LogP) is 2.27. The number of halogens is 1. The zero-order valence-corrected chi connectivity index (χ0v) is 12.4. The molecule has 6 heteroatoms. The smallest absolute Gasteiger partial charge is 0.323 e. The van der Waals surface area contributed by atoms with Gasteiger partial charge in [0, 0.05) is 12.7 Å². The van der Waals surface area contributed by atoms with Crippen LogP contribution in [0.3, 0.4) is 0 Å². The minimum atomic E-state index is -0.806. The van der Waals surface area contributed by atoms with Gasteiger partial charge in [-0.1, -0.05) is 13.8 Å². The van der Waals surface area contributed by atoms with E-state index in [9.17, 15) is 9.90 Å². The molecule has 102 valence electrons.